The Morgan fingerprint density at radius 3 is 3.27 bits per heavy atom. The van der Waals surface area contributed by atoms with Crippen LogP contribution >= 0.6 is 23.1 Å². The van der Waals surface area contributed by atoms with Crippen LogP contribution < -0.4 is 0 Å². The van der Waals surface area contributed by atoms with Gasteiger partial charge in [0.25, 0.3) is 0 Å². The predicted molar refractivity (Wildman–Crippen MR) is 45.5 cm³/mol. The molecule has 1 rings (SSSR count). The van der Waals surface area contributed by atoms with E-state index in [4.69, 9.17) is 5.26 Å². The Hall–Kier alpha value is -0.600. The van der Waals surface area contributed by atoms with Crippen molar-refractivity contribution in [1.82, 2.24) is 10.2 Å². The van der Waals surface area contributed by atoms with E-state index in [1.54, 1.807) is 17.3 Å². The zero-order valence-corrected chi connectivity index (χ0v) is 7.65. The molecular formula is C6H7N3S2. The molecule has 0 fully saturated rings. The van der Waals surface area contributed by atoms with E-state index in [1.807, 2.05) is 6.92 Å². The molecule has 0 spiro atoms. The second kappa shape index (κ2) is 4.31. The Morgan fingerprint density at radius 1 is 1.91 bits per heavy atom. The lowest BCUT2D eigenvalue weighted by atomic mass is 10.4. The first-order valence-electron chi connectivity index (χ1n) is 3.12. The van der Waals surface area contributed by atoms with Crippen molar-refractivity contribution in [2.24, 2.45) is 0 Å². The fourth-order valence-electron chi connectivity index (χ4n) is 0.557. The zero-order valence-electron chi connectivity index (χ0n) is 6.02. The lowest BCUT2D eigenvalue weighted by molar-refractivity contribution is 0.967. The molecule has 0 aliphatic rings. The maximum Gasteiger partial charge on any atom is 0.174 e. The Labute approximate surface area is 73.5 Å². The Kier molecular flexibility index (Phi) is 3.33. The number of aromatic nitrogens is 2. The van der Waals surface area contributed by atoms with Crippen molar-refractivity contribution >= 4 is 23.1 Å². The number of nitrogens with zero attached hydrogens (tertiary/aromatic N) is 3. The molecule has 1 atom stereocenters. The molecule has 0 saturated carbocycles. The summed E-state index contributed by atoms with van der Waals surface area (Å²) in [6.45, 7) is 2.01. The SMILES string of the molecule is CC(CC#N)Sc1nncs1. The van der Waals surface area contributed by atoms with Crippen molar-refractivity contribution < 1.29 is 0 Å². The molecule has 0 aromatic carbocycles. The number of hydrogen-bond acceptors (Lipinski definition) is 5. The minimum Gasteiger partial charge on any atom is -0.198 e. The Bertz CT molecular complexity index is 239. The van der Waals surface area contributed by atoms with E-state index < -0.39 is 0 Å². The molecule has 1 unspecified atom stereocenters. The summed E-state index contributed by atoms with van der Waals surface area (Å²) in [6.07, 6.45) is 0.560. The largest absolute Gasteiger partial charge is 0.198 e. The summed E-state index contributed by atoms with van der Waals surface area (Å²) in [5, 5.41) is 16.2. The van der Waals surface area contributed by atoms with Crippen LogP contribution in [0.25, 0.3) is 0 Å². The van der Waals surface area contributed by atoms with E-state index in [2.05, 4.69) is 16.3 Å². The standard InChI is InChI=1S/C6H7N3S2/c1-5(2-3-7)11-6-9-8-4-10-6/h4-5H,2H2,1H3. The van der Waals surface area contributed by atoms with Crippen molar-refractivity contribution in [2.75, 3.05) is 0 Å². The summed E-state index contributed by atoms with van der Waals surface area (Å²) in [5.74, 6) is 0. The maximum absolute atomic E-state index is 8.37. The number of rotatable bonds is 3. The fraction of sp³-hybridized carbons (Fsp3) is 0.500. The van der Waals surface area contributed by atoms with Crippen LogP contribution in [0.15, 0.2) is 9.85 Å². The predicted octanol–water partition coefficient (Wildman–Crippen LogP) is 1.93. The monoisotopic (exact) mass is 185 g/mol. The van der Waals surface area contributed by atoms with Crippen LogP contribution in [0.2, 0.25) is 0 Å². The zero-order chi connectivity index (χ0) is 8.10. The van der Waals surface area contributed by atoms with Gasteiger partial charge >= 0.3 is 0 Å². The van der Waals surface area contributed by atoms with E-state index in [0.717, 1.165) is 4.34 Å². The lowest BCUT2D eigenvalue weighted by Gasteiger charge is -2.00. The summed E-state index contributed by atoms with van der Waals surface area (Å²) in [6, 6.07) is 2.12. The molecule has 1 heterocycles. The minimum atomic E-state index is 0.313. The van der Waals surface area contributed by atoms with Gasteiger partial charge in [0.15, 0.2) is 4.34 Å². The molecule has 0 radical (unpaired) electrons. The molecule has 0 aliphatic heterocycles. The third-order valence-electron chi connectivity index (χ3n) is 1.02. The topological polar surface area (TPSA) is 49.6 Å². The van der Waals surface area contributed by atoms with Crippen LogP contribution in [0.5, 0.6) is 0 Å². The molecule has 5 heteroatoms. The van der Waals surface area contributed by atoms with Crippen LogP contribution in [0.1, 0.15) is 13.3 Å². The molecule has 0 N–H and O–H groups in total. The lowest BCUT2D eigenvalue weighted by Crippen LogP contribution is -1.92. The first-order valence-corrected chi connectivity index (χ1v) is 4.88. The molecule has 0 bridgehead atoms. The minimum absolute atomic E-state index is 0.313. The van der Waals surface area contributed by atoms with Crippen molar-refractivity contribution in [3.05, 3.63) is 5.51 Å². The van der Waals surface area contributed by atoms with Crippen LogP contribution in [-0.4, -0.2) is 15.4 Å². The normalized spacial score (nSPS) is 12.4. The molecule has 11 heavy (non-hydrogen) atoms. The molecule has 0 aliphatic carbocycles. The molecule has 0 saturated heterocycles. The second-order valence-corrected chi connectivity index (χ2v) is 4.51. The molecule has 1 aromatic rings. The summed E-state index contributed by atoms with van der Waals surface area (Å²) in [7, 11) is 0. The van der Waals surface area contributed by atoms with Crippen molar-refractivity contribution in [3.8, 4) is 6.07 Å². The second-order valence-electron chi connectivity index (χ2n) is 2.00. The number of nitriles is 1. The highest BCUT2D eigenvalue weighted by Crippen LogP contribution is 2.25. The van der Waals surface area contributed by atoms with Crippen molar-refractivity contribution in [1.29, 1.82) is 5.26 Å². The number of thioether (sulfide) groups is 1. The maximum atomic E-state index is 8.37. The summed E-state index contributed by atoms with van der Waals surface area (Å²) >= 11 is 3.11. The van der Waals surface area contributed by atoms with Gasteiger partial charge in [-0.3, -0.25) is 0 Å². The van der Waals surface area contributed by atoms with Gasteiger partial charge in [0.1, 0.15) is 5.51 Å². The van der Waals surface area contributed by atoms with Gasteiger partial charge < -0.3 is 0 Å². The quantitative estimate of drug-likeness (QED) is 0.675. The first-order chi connectivity index (χ1) is 5.33. The molecule has 0 amide bonds. The molecule has 1 aromatic heterocycles. The van der Waals surface area contributed by atoms with Gasteiger partial charge in [-0.15, -0.1) is 10.2 Å². The van der Waals surface area contributed by atoms with E-state index >= 15 is 0 Å². The summed E-state index contributed by atoms with van der Waals surface area (Å²) in [5.41, 5.74) is 1.70. The van der Waals surface area contributed by atoms with Crippen LogP contribution in [0.3, 0.4) is 0 Å². The van der Waals surface area contributed by atoms with Gasteiger partial charge in [0, 0.05) is 11.7 Å². The smallest absolute Gasteiger partial charge is 0.174 e. The first kappa shape index (κ1) is 8.50. The molecule has 58 valence electrons. The fourth-order valence-corrected chi connectivity index (χ4v) is 2.28. The summed E-state index contributed by atoms with van der Waals surface area (Å²) < 4.78 is 0.938. The highest BCUT2D eigenvalue weighted by molar-refractivity contribution is 8.01. The van der Waals surface area contributed by atoms with E-state index in [-0.39, 0.29) is 0 Å². The van der Waals surface area contributed by atoms with Gasteiger partial charge in [-0.2, -0.15) is 5.26 Å². The van der Waals surface area contributed by atoms with Gasteiger partial charge in [-0.1, -0.05) is 30.0 Å². The van der Waals surface area contributed by atoms with Crippen LogP contribution in [0, 0.1) is 11.3 Å². The van der Waals surface area contributed by atoms with Gasteiger partial charge in [-0.05, 0) is 0 Å². The molecule has 3 nitrogen and oxygen atoms in total. The third-order valence-corrected chi connectivity index (χ3v) is 2.93. The van der Waals surface area contributed by atoms with Crippen LogP contribution in [-0.2, 0) is 0 Å². The van der Waals surface area contributed by atoms with E-state index in [1.165, 1.54) is 11.3 Å². The molecular weight excluding hydrogens is 178 g/mol. The Morgan fingerprint density at radius 2 is 2.73 bits per heavy atom. The number of hydrogen-bond donors (Lipinski definition) is 0. The van der Waals surface area contributed by atoms with E-state index in [9.17, 15) is 0 Å². The Balaban J connectivity index is 2.38. The van der Waals surface area contributed by atoms with Gasteiger partial charge in [0.2, 0.25) is 0 Å². The highest BCUT2D eigenvalue weighted by atomic mass is 32.2. The van der Waals surface area contributed by atoms with Crippen molar-refractivity contribution in [2.45, 2.75) is 22.9 Å². The van der Waals surface area contributed by atoms with E-state index in [0.29, 0.717) is 11.7 Å². The average molecular weight is 185 g/mol. The average Bonchev–Trinajstić information content (AvgIpc) is 2.40. The van der Waals surface area contributed by atoms with Gasteiger partial charge in [0.05, 0.1) is 6.07 Å². The van der Waals surface area contributed by atoms with Crippen LogP contribution in [0.4, 0.5) is 0 Å². The van der Waals surface area contributed by atoms with Gasteiger partial charge in [-0.25, -0.2) is 0 Å². The highest BCUT2D eigenvalue weighted by Gasteiger charge is 2.05. The third kappa shape index (κ3) is 2.87. The summed E-state index contributed by atoms with van der Waals surface area (Å²) in [4.78, 5) is 0. The van der Waals surface area contributed by atoms with Crippen molar-refractivity contribution in [3.63, 3.8) is 0 Å².